The van der Waals surface area contributed by atoms with Crippen molar-refractivity contribution in [2.45, 2.75) is 12.5 Å². The summed E-state index contributed by atoms with van der Waals surface area (Å²) in [5, 5.41) is 10.8. The zero-order chi connectivity index (χ0) is 15.1. The molecule has 1 aromatic rings. The number of hydrogen-bond donors (Lipinski definition) is 2. The molecule has 0 aromatic heterocycles. The highest BCUT2D eigenvalue weighted by atomic mass is 19.1. The molecule has 0 aliphatic heterocycles. The second-order valence-electron chi connectivity index (χ2n) is 3.95. The van der Waals surface area contributed by atoms with Gasteiger partial charge < -0.3 is 15.2 Å². The van der Waals surface area contributed by atoms with E-state index < -0.39 is 36.8 Å². The fourth-order valence-corrected chi connectivity index (χ4v) is 1.50. The number of alkyl halides is 1. The number of ether oxygens (including phenoxy) is 1. The van der Waals surface area contributed by atoms with E-state index in [4.69, 9.17) is 9.84 Å². The standard InChI is InChI=1S/C13H14FNO5/c1-20-9-4-2-8(3-5-9)13(19)15-10(6-12(17)18)11(16)7-14/h2-5,10H,6-7H2,1H3,(H,15,19)(H,17,18). The van der Waals surface area contributed by atoms with Gasteiger partial charge in [0.15, 0.2) is 5.78 Å². The van der Waals surface area contributed by atoms with Crippen molar-refractivity contribution in [2.24, 2.45) is 0 Å². The SMILES string of the molecule is COc1ccc(C(=O)NC(CC(=O)O)C(=O)CF)cc1. The number of aliphatic carboxylic acids is 1. The minimum absolute atomic E-state index is 0.216. The molecule has 0 saturated heterocycles. The number of benzene rings is 1. The summed E-state index contributed by atoms with van der Waals surface area (Å²) in [6, 6.07) is 4.60. The Kier molecular flexibility index (Phi) is 5.64. The van der Waals surface area contributed by atoms with Crippen LogP contribution in [0.3, 0.4) is 0 Å². The lowest BCUT2D eigenvalue weighted by atomic mass is 10.1. The second-order valence-corrected chi connectivity index (χ2v) is 3.95. The first kappa shape index (κ1) is 15.6. The highest BCUT2D eigenvalue weighted by Gasteiger charge is 2.23. The van der Waals surface area contributed by atoms with E-state index in [1.54, 1.807) is 0 Å². The molecular weight excluding hydrogens is 269 g/mol. The molecule has 1 unspecified atom stereocenters. The van der Waals surface area contributed by atoms with E-state index in [9.17, 15) is 18.8 Å². The minimum Gasteiger partial charge on any atom is -0.497 e. The summed E-state index contributed by atoms with van der Waals surface area (Å²) in [6.07, 6.45) is -0.662. The molecule has 6 nitrogen and oxygen atoms in total. The number of hydrogen-bond acceptors (Lipinski definition) is 4. The van der Waals surface area contributed by atoms with Crippen molar-refractivity contribution in [3.8, 4) is 5.75 Å². The Morgan fingerprint density at radius 1 is 1.30 bits per heavy atom. The maximum Gasteiger partial charge on any atom is 0.305 e. The van der Waals surface area contributed by atoms with Gasteiger partial charge in [-0.2, -0.15) is 0 Å². The molecular formula is C13H14FNO5. The van der Waals surface area contributed by atoms with Crippen molar-refractivity contribution >= 4 is 17.7 Å². The van der Waals surface area contributed by atoms with Gasteiger partial charge in [-0.25, -0.2) is 4.39 Å². The second kappa shape index (κ2) is 7.22. The Morgan fingerprint density at radius 2 is 1.90 bits per heavy atom. The lowest BCUT2D eigenvalue weighted by molar-refractivity contribution is -0.139. The van der Waals surface area contributed by atoms with Crippen molar-refractivity contribution in [1.82, 2.24) is 5.32 Å². The van der Waals surface area contributed by atoms with Crippen LogP contribution in [0.2, 0.25) is 0 Å². The third kappa shape index (κ3) is 4.34. The van der Waals surface area contributed by atoms with E-state index in [-0.39, 0.29) is 5.56 Å². The molecule has 0 aliphatic rings. The number of nitrogens with one attached hydrogen (secondary N) is 1. The van der Waals surface area contributed by atoms with Crippen LogP contribution < -0.4 is 10.1 Å². The number of halogens is 1. The smallest absolute Gasteiger partial charge is 0.305 e. The average molecular weight is 283 g/mol. The molecule has 0 saturated carbocycles. The van der Waals surface area contributed by atoms with E-state index in [0.29, 0.717) is 5.75 Å². The Labute approximate surface area is 114 Å². The first-order valence-electron chi connectivity index (χ1n) is 5.73. The molecule has 2 N–H and O–H groups in total. The van der Waals surface area contributed by atoms with Crippen molar-refractivity contribution in [3.63, 3.8) is 0 Å². The molecule has 0 spiro atoms. The third-order valence-corrected chi connectivity index (χ3v) is 2.56. The molecule has 108 valence electrons. The van der Waals surface area contributed by atoms with Gasteiger partial charge >= 0.3 is 5.97 Å². The summed E-state index contributed by atoms with van der Waals surface area (Å²) in [7, 11) is 1.47. The lowest BCUT2D eigenvalue weighted by Crippen LogP contribution is -2.43. The van der Waals surface area contributed by atoms with E-state index in [1.807, 2.05) is 0 Å². The van der Waals surface area contributed by atoms with Crippen molar-refractivity contribution < 1.29 is 28.6 Å². The van der Waals surface area contributed by atoms with Crippen LogP contribution in [0.25, 0.3) is 0 Å². The van der Waals surface area contributed by atoms with Crippen LogP contribution in [0.5, 0.6) is 5.75 Å². The molecule has 0 fully saturated rings. The predicted octanol–water partition coefficient (Wildman–Crippen LogP) is 0.807. The van der Waals surface area contributed by atoms with Gasteiger partial charge in [-0.05, 0) is 24.3 Å². The number of ketones is 1. The fraction of sp³-hybridized carbons (Fsp3) is 0.308. The van der Waals surface area contributed by atoms with Crippen LogP contribution in [-0.4, -0.2) is 42.6 Å². The molecule has 1 amide bonds. The number of Topliss-reactive ketones (excluding diaryl/α,β-unsaturated/α-hetero) is 1. The predicted molar refractivity (Wildman–Crippen MR) is 67.5 cm³/mol. The normalized spacial score (nSPS) is 11.5. The summed E-state index contributed by atoms with van der Waals surface area (Å²) >= 11 is 0. The largest absolute Gasteiger partial charge is 0.497 e. The Balaban J connectivity index is 2.78. The summed E-state index contributed by atoms with van der Waals surface area (Å²) in [6.45, 7) is -1.33. The molecule has 0 bridgehead atoms. The topological polar surface area (TPSA) is 92.7 Å². The van der Waals surface area contributed by atoms with Gasteiger partial charge in [-0.1, -0.05) is 0 Å². The van der Waals surface area contributed by atoms with Crippen LogP contribution in [0.15, 0.2) is 24.3 Å². The van der Waals surface area contributed by atoms with Crippen molar-refractivity contribution in [1.29, 1.82) is 0 Å². The highest BCUT2D eigenvalue weighted by Crippen LogP contribution is 2.11. The number of carbonyl (C=O) groups excluding carboxylic acids is 2. The van der Waals surface area contributed by atoms with Gasteiger partial charge in [0.2, 0.25) is 0 Å². The summed E-state index contributed by atoms with van der Waals surface area (Å²) in [4.78, 5) is 33.7. The zero-order valence-corrected chi connectivity index (χ0v) is 10.8. The maximum atomic E-state index is 12.3. The lowest BCUT2D eigenvalue weighted by Gasteiger charge is -2.14. The van der Waals surface area contributed by atoms with E-state index >= 15 is 0 Å². The van der Waals surface area contributed by atoms with Crippen molar-refractivity contribution in [2.75, 3.05) is 13.8 Å². The van der Waals surface area contributed by atoms with Crippen LogP contribution in [0.1, 0.15) is 16.8 Å². The molecule has 7 heteroatoms. The molecule has 1 rings (SSSR count). The fourth-order valence-electron chi connectivity index (χ4n) is 1.50. The number of carboxylic acids is 1. The summed E-state index contributed by atoms with van der Waals surface area (Å²) in [5.74, 6) is -2.38. The Morgan fingerprint density at radius 3 is 2.35 bits per heavy atom. The third-order valence-electron chi connectivity index (χ3n) is 2.56. The summed E-state index contributed by atoms with van der Waals surface area (Å²) in [5.41, 5.74) is 0.216. The van der Waals surface area contributed by atoms with Gasteiger partial charge in [-0.3, -0.25) is 14.4 Å². The number of carboxylic acid groups (broad SMARTS) is 1. The molecule has 1 aromatic carbocycles. The monoisotopic (exact) mass is 283 g/mol. The Hall–Kier alpha value is -2.44. The van der Waals surface area contributed by atoms with Crippen LogP contribution in [-0.2, 0) is 9.59 Å². The number of amides is 1. The quantitative estimate of drug-likeness (QED) is 0.772. The molecule has 0 radical (unpaired) electrons. The first-order chi connectivity index (χ1) is 9.47. The van der Waals surface area contributed by atoms with Crippen molar-refractivity contribution in [3.05, 3.63) is 29.8 Å². The summed E-state index contributed by atoms with van der Waals surface area (Å²) < 4.78 is 17.3. The first-order valence-corrected chi connectivity index (χ1v) is 5.73. The number of methoxy groups -OCH3 is 1. The number of rotatable bonds is 7. The van der Waals surface area contributed by atoms with Gasteiger partial charge in [0.25, 0.3) is 5.91 Å². The molecule has 20 heavy (non-hydrogen) atoms. The maximum absolute atomic E-state index is 12.3. The van der Waals surface area contributed by atoms with E-state index in [2.05, 4.69) is 5.32 Å². The zero-order valence-electron chi connectivity index (χ0n) is 10.8. The number of carbonyl (C=O) groups is 3. The average Bonchev–Trinajstić information content (AvgIpc) is 2.45. The molecule has 1 atom stereocenters. The highest BCUT2D eigenvalue weighted by molar-refractivity contribution is 5.99. The van der Waals surface area contributed by atoms with Crippen LogP contribution >= 0.6 is 0 Å². The van der Waals surface area contributed by atoms with Gasteiger partial charge in [0.1, 0.15) is 18.5 Å². The van der Waals surface area contributed by atoms with Gasteiger partial charge in [0.05, 0.1) is 13.5 Å². The van der Waals surface area contributed by atoms with E-state index in [1.165, 1.54) is 31.4 Å². The van der Waals surface area contributed by atoms with E-state index in [0.717, 1.165) is 0 Å². The minimum atomic E-state index is -1.38. The van der Waals surface area contributed by atoms with Crippen LogP contribution in [0.4, 0.5) is 4.39 Å². The van der Waals surface area contributed by atoms with Gasteiger partial charge in [0, 0.05) is 5.56 Å². The van der Waals surface area contributed by atoms with Crippen LogP contribution in [0, 0.1) is 0 Å². The van der Waals surface area contributed by atoms with Gasteiger partial charge in [-0.15, -0.1) is 0 Å². The Bertz CT molecular complexity index is 500. The molecule has 0 heterocycles. The molecule has 0 aliphatic carbocycles.